The summed E-state index contributed by atoms with van der Waals surface area (Å²) in [7, 11) is 0. The summed E-state index contributed by atoms with van der Waals surface area (Å²) in [5, 5.41) is 0. The first kappa shape index (κ1) is 18.2. The Morgan fingerprint density at radius 2 is 2.04 bits per heavy atom. The number of ether oxygens (including phenoxy) is 1. The summed E-state index contributed by atoms with van der Waals surface area (Å²) < 4.78 is 5.42. The van der Waals surface area contributed by atoms with Crippen LogP contribution in [0.25, 0.3) is 0 Å². The molecule has 1 aromatic heterocycles. The Morgan fingerprint density at radius 1 is 1.29 bits per heavy atom. The van der Waals surface area contributed by atoms with Crippen LogP contribution in [0.1, 0.15) is 39.8 Å². The quantitative estimate of drug-likeness (QED) is 0.852. The minimum atomic E-state index is -0.507. The van der Waals surface area contributed by atoms with Gasteiger partial charge in [-0.1, -0.05) is 6.07 Å². The van der Waals surface area contributed by atoms with Crippen molar-refractivity contribution in [1.29, 1.82) is 0 Å². The highest BCUT2D eigenvalue weighted by atomic mass is 16.6. The van der Waals surface area contributed by atoms with Crippen molar-refractivity contribution in [2.24, 2.45) is 0 Å². The van der Waals surface area contributed by atoms with Crippen molar-refractivity contribution in [2.75, 3.05) is 19.6 Å². The van der Waals surface area contributed by atoms with Crippen molar-refractivity contribution in [2.45, 2.75) is 52.2 Å². The number of hydrogen-bond acceptors (Lipinski definition) is 4. The fourth-order valence-electron chi connectivity index (χ4n) is 2.72. The SMILES string of the molecule is CC1CN(C(=O)CCc2ccccn2)CCN1C(=O)OC(C)(C)C. The van der Waals surface area contributed by atoms with E-state index in [1.807, 2.05) is 50.8 Å². The number of carbonyl (C=O) groups excluding carboxylic acids is 2. The molecule has 1 aliphatic heterocycles. The monoisotopic (exact) mass is 333 g/mol. The molecule has 0 saturated carbocycles. The highest BCUT2D eigenvalue weighted by Crippen LogP contribution is 2.16. The van der Waals surface area contributed by atoms with Crippen LogP contribution in [0.15, 0.2) is 24.4 Å². The Kier molecular flexibility index (Phi) is 5.80. The number of hydrogen-bond donors (Lipinski definition) is 0. The Morgan fingerprint density at radius 3 is 2.62 bits per heavy atom. The molecule has 1 aromatic rings. The first-order chi connectivity index (χ1) is 11.3. The van der Waals surface area contributed by atoms with Gasteiger partial charge in [0.25, 0.3) is 0 Å². The van der Waals surface area contributed by atoms with Gasteiger partial charge in [-0.05, 0) is 46.2 Å². The maximum atomic E-state index is 12.4. The molecule has 1 atom stereocenters. The molecule has 1 unspecified atom stereocenters. The average molecular weight is 333 g/mol. The molecular weight excluding hydrogens is 306 g/mol. The van der Waals surface area contributed by atoms with Crippen molar-refractivity contribution in [3.05, 3.63) is 30.1 Å². The van der Waals surface area contributed by atoms with Gasteiger partial charge in [0.05, 0.1) is 0 Å². The first-order valence-corrected chi connectivity index (χ1v) is 8.43. The third kappa shape index (κ3) is 5.22. The van der Waals surface area contributed by atoms with E-state index in [1.165, 1.54) is 0 Å². The molecular formula is C18H27N3O3. The number of piperazine rings is 1. The van der Waals surface area contributed by atoms with E-state index in [-0.39, 0.29) is 18.0 Å². The molecule has 1 saturated heterocycles. The maximum absolute atomic E-state index is 12.4. The lowest BCUT2D eigenvalue weighted by molar-refractivity contribution is -0.134. The lowest BCUT2D eigenvalue weighted by Gasteiger charge is -2.40. The van der Waals surface area contributed by atoms with E-state index < -0.39 is 5.60 Å². The van der Waals surface area contributed by atoms with Crippen LogP contribution >= 0.6 is 0 Å². The molecule has 0 radical (unpaired) electrons. The molecule has 6 nitrogen and oxygen atoms in total. The van der Waals surface area contributed by atoms with E-state index in [2.05, 4.69) is 4.98 Å². The van der Waals surface area contributed by atoms with E-state index in [9.17, 15) is 9.59 Å². The first-order valence-electron chi connectivity index (χ1n) is 8.43. The molecule has 0 aliphatic carbocycles. The molecule has 0 bridgehead atoms. The molecule has 1 fully saturated rings. The van der Waals surface area contributed by atoms with Crippen LogP contribution in [-0.2, 0) is 16.0 Å². The highest BCUT2D eigenvalue weighted by Gasteiger charge is 2.32. The Labute approximate surface area is 143 Å². The van der Waals surface area contributed by atoms with E-state index in [0.717, 1.165) is 5.69 Å². The standard InChI is InChI=1S/C18H27N3O3/c1-14-13-20(11-12-21(14)17(23)24-18(2,3)4)16(22)9-8-15-7-5-6-10-19-15/h5-7,10,14H,8-9,11-13H2,1-4H3. The topological polar surface area (TPSA) is 62.7 Å². The van der Waals surface area contributed by atoms with Crippen LogP contribution < -0.4 is 0 Å². The van der Waals surface area contributed by atoms with E-state index >= 15 is 0 Å². The predicted molar refractivity (Wildman–Crippen MR) is 91.5 cm³/mol. The molecule has 0 aromatic carbocycles. The predicted octanol–water partition coefficient (Wildman–Crippen LogP) is 2.48. The summed E-state index contributed by atoms with van der Waals surface area (Å²) in [6.07, 6.45) is 2.51. The lowest BCUT2D eigenvalue weighted by Crippen LogP contribution is -2.56. The second-order valence-corrected chi connectivity index (χ2v) is 7.18. The zero-order valence-corrected chi connectivity index (χ0v) is 15.0. The Bertz CT molecular complexity index is 569. The van der Waals surface area contributed by atoms with Gasteiger partial charge in [0, 0.05) is 44.0 Å². The molecule has 2 rings (SSSR count). The van der Waals surface area contributed by atoms with Gasteiger partial charge in [-0.25, -0.2) is 4.79 Å². The maximum Gasteiger partial charge on any atom is 0.410 e. The summed E-state index contributed by atoms with van der Waals surface area (Å²) in [6, 6.07) is 5.67. The van der Waals surface area contributed by atoms with E-state index in [0.29, 0.717) is 32.5 Å². The van der Waals surface area contributed by atoms with Gasteiger partial charge in [-0.15, -0.1) is 0 Å². The van der Waals surface area contributed by atoms with Crippen molar-refractivity contribution in [3.63, 3.8) is 0 Å². The Balaban J connectivity index is 1.83. The third-order valence-electron chi connectivity index (χ3n) is 3.93. The van der Waals surface area contributed by atoms with E-state index in [4.69, 9.17) is 4.74 Å². The number of nitrogens with zero attached hydrogens (tertiary/aromatic N) is 3. The van der Waals surface area contributed by atoms with Crippen LogP contribution in [-0.4, -0.2) is 58.1 Å². The summed E-state index contributed by atoms with van der Waals surface area (Å²) in [5.41, 5.74) is 0.415. The second kappa shape index (κ2) is 7.64. The van der Waals surface area contributed by atoms with Crippen LogP contribution in [0.5, 0.6) is 0 Å². The molecule has 24 heavy (non-hydrogen) atoms. The molecule has 132 valence electrons. The molecule has 1 aliphatic rings. The normalized spacial score (nSPS) is 18.4. The minimum Gasteiger partial charge on any atom is -0.444 e. The number of carbonyl (C=O) groups is 2. The summed E-state index contributed by atoms with van der Waals surface area (Å²) in [6.45, 7) is 9.10. The fraction of sp³-hybridized carbons (Fsp3) is 0.611. The van der Waals surface area contributed by atoms with Gasteiger partial charge in [0.2, 0.25) is 5.91 Å². The van der Waals surface area contributed by atoms with Crippen molar-refractivity contribution < 1.29 is 14.3 Å². The van der Waals surface area contributed by atoms with Crippen molar-refractivity contribution in [3.8, 4) is 0 Å². The molecule has 0 N–H and O–H groups in total. The van der Waals surface area contributed by atoms with Crippen LogP contribution in [0.4, 0.5) is 4.79 Å². The second-order valence-electron chi connectivity index (χ2n) is 7.18. The summed E-state index contributed by atoms with van der Waals surface area (Å²) >= 11 is 0. The number of aryl methyl sites for hydroxylation is 1. The van der Waals surface area contributed by atoms with E-state index in [1.54, 1.807) is 11.1 Å². The molecule has 6 heteroatoms. The zero-order chi connectivity index (χ0) is 17.7. The average Bonchev–Trinajstić information content (AvgIpc) is 2.51. The van der Waals surface area contributed by atoms with Crippen LogP contribution in [0.3, 0.4) is 0 Å². The summed E-state index contributed by atoms with van der Waals surface area (Å²) in [4.78, 5) is 32.4. The number of pyridine rings is 1. The van der Waals surface area contributed by atoms with Gasteiger partial charge >= 0.3 is 6.09 Å². The largest absolute Gasteiger partial charge is 0.444 e. The Hall–Kier alpha value is -2.11. The van der Waals surface area contributed by atoms with Crippen LogP contribution in [0, 0.1) is 0 Å². The molecule has 0 spiro atoms. The van der Waals surface area contributed by atoms with Crippen molar-refractivity contribution >= 4 is 12.0 Å². The lowest BCUT2D eigenvalue weighted by atomic mass is 10.1. The molecule has 2 heterocycles. The zero-order valence-electron chi connectivity index (χ0n) is 15.0. The third-order valence-corrected chi connectivity index (χ3v) is 3.93. The number of amides is 2. The fourth-order valence-corrected chi connectivity index (χ4v) is 2.72. The van der Waals surface area contributed by atoms with Gasteiger partial charge in [-0.2, -0.15) is 0 Å². The minimum absolute atomic E-state index is 0.0487. The van der Waals surface area contributed by atoms with Gasteiger partial charge in [0.15, 0.2) is 0 Å². The highest BCUT2D eigenvalue weighted by molar-refractivity contribution is 5.77. The summed E-state index contributed by atoms with van der Waals surface area (Å²) in [5.74, 6) is 0.108. The number of rotatable bonds is 3. The smallest absolute Gasteiger partial charge is 0.410 e. The molecule has 2 amide bonds. The number of aromatic nitrogens is 1. The van der Waals surface area contributed by atoms with Gasteiger partial charge in [0.1, 0.15) is 5.60 Å². The van der Waals surface area contributed by atoms with Gasteiger partial charge in [-0.3, -0.25) is 9.78 Å². The van der Waals surface area contributed by atoms with Crippen LogP contribution in [0.2, 0.25) is 0 Å². The van der Waals surface area contributed by atoms with Gasteiger partial charge < -0.3 is 14.5 Å². The van der Waals surface area contributed by atoms with Crippen molar-refractivity contribution in [1.82, 2.24) is 14.8 Å².